The van der Waals surface area contributed by atoms with Crippen LogP contribution in [0, 0.1) is 0 Å². The average molecular weight is 240 g/mol. The first kappa shape index (κ1) is 13.5. The largest absolute Gasteiger partial charge is 0.345 e. The van der Waals surface area contributed by atoms with E-state index in [2.05, 4.69) is 17.3 Å². The van der Waals surface area contributed by atoms with Gasteiger partial charge in [0.1, 0.15) is 6.04 Å². The number of likely N-dealkylation sites (tertiary alicyclic amines) is 1. The molecule has 1 rings (SSSR count). The van der Waals surface area contributed by atoms with Gasteiger partial charge in [-0.2, -0.15) is 0 Å². The highest BCUT2D eigenvalue weighted by Gasteiger charge is 2.32. The molecule has 0 radical (unpaired) electrons. The van der Waals surface area contributed by atoms with Gasteiger partial charge in [0.2, 0.25) is 11.8 Å². The van der Waals surface area contributed by atoms with Gasteiger partial charge in [-0.15, -0.1) is 0 Å². The van der Waals surface area contributed by atoms with Crippen molar-refractivity contribution in [2.75, 3.05) is 6.54 Å². The molecule has 6 heteroatoms. The Morgan fingerprint density at radius 2 is 2.18 bits per heavy atom. The van der Waals surface area contributed by atoms with Crippen molar-refractivity contribution >= 4 is 11.8 Å². The molecule has 1 aliphatic heterocycles. The number of hydrazine groups is 1. The second kappa shape index (κ2) is 5.67. The number of nitrogens with zero attached hydrogens (tertiary/aromatic N) is 1. The molecule has 96 valence electrons. The molecule has 1 heterocycles. The molecule has 17 heavy (non-hydrogen) atoms. The lowest BCUT2D eigenvalue weighted by atomic mass is 10.1. The van der Waals surface area contributed by atoms with Gasteiger partial charge in [-0.05, 0) is 19.8 Å². The molecule has 0 aromatic heterocycles. The van der Waals surface area contributed by atoms with Gasteiger partial charge < -0.3 is 15.6 Å². The summed E-state index contributed by atoms with van der Waals surface area (Å²) < 4.78 is 0. The summed E-state index contributed by atoms with van der Waals surface area (Å²) in [6.45, 7) is 7.54. The maximum Gasteiger partial charge on any atom is 0.245 e. The fourth-order valence-electron chi connectivity index (χ4n) is 2.10. The minimum atomic E-state index is -0.515. The normalized spacial score (nSPS) is 20.9. The molecule has 1 fully saturated rings. The van der Waals surface area contributed by atoms with E-state index in [-0.39, 0.29) is 17.9 Å². The SMILES string of the molecule is C=C(NN)[C@@H]1CCCN1C(=O)[C@H](C)NC(C)=O. The molecule has 0 aromatic rings. The summed E-state index contributed by atoms with van der Waals surface area (Å²) in [5.74, 6) is 5.01. The second-order valence-corrected chi connectivity index (χ2v) is 4.28. The summed E-state index contributed by atoms with van der Waals surface area (Å²) in [7, 11) is 0. The molecule has 4 N–H and O–H groups in total. The number of hydrogen-bond donors (Lipinski definition) is 3. The molecule has 1 saturated heterocycles. The van der Waals surface area contributed by atoms with Crippen molar-refractivity contribution in [2.24, 2.45) is 5.84 Å². The number of amides is 2. The van der Waals surface area contributed by atoms with Gasteiger partial charge in [-0.25, -0.2) is 0 Å². The molecule has 1 aliphatic rings. The molecule has 0 unspecified atom stereocenters. The van der Waals surface area contributed by atoms with Crippen LogP contribution in [0.4, 0.5) is 0 Å². The van der Waals surface area contributed by atoms with Crippen molar-refractivity contribution in [1.29, 1.82) is 0 Å². The lowest BCUT2D eigenvalue weighted by molar-refractivity contribution is -0.135. The summed E-state index contributed by atoms with van der Waals surface area (Å²) in [4.78, 5) is 24.7. The van der Waals surface area contributed by atoms with Crippen molar-refractivity contribution in [3.63, 3.8) is 0 Å². The highest BCUT2D eigenvalue weighted by atomic mass is 16.2. The molecule has 0 spiro atoms. The molecule has 0 bridgehead atoms. The van der Waals surface area contributed by atoms with Gasteiger partial charge >= 0.3 is 0 Å². The third-order valence-electron chi connectivity index (χ3n) is 2.91. The van der Waals surface area contributed by atoms with Crippen molar-refractivity contribution in [2.45, 2.75) is 38.8 Å². The fourth-order valence-corrected chi connectivity index (χ4v) is 2.10. The zero-order valence-corrected chi connectivity index (χ0v) is 10.3. The van der Waals surface area contributed by atoms with Crippen LogP contribution in [0.5, 0.6) is 0 Å². The molecule has 2 amide bonds. The number of nitrogens with one attached hydrogen (secondary N) is 2. The van der Waals surface area contributed by atoms with E-state index in [1.165, 1.54) is 6.92 Å². The number of carbonyl (C=O) groups is 2. The molecule has 2 atom stereocenters. The zero-order chi connectivity index (χ0) is 13.0. The summed E-state index contributed by atoms with van der Waals surface area (Å²) in [6, 6.07) is -0.595. The minimum absolute atomic E-state index is 0.0799. The Bertz CT molecular complexity index is 329. The van der Waals surface area contributed by atoms with E-state index >= 15 is 0 Å². The number of carbonyl (C=O) groups excluding carboxylic acids is 2. The fraction of sp³-hybridized carbons (Fsp3) is 0.636. The summed E-state index contributed by atoms with van der Waals surface area (Å²) in [5, 5.41) is 2.59. The second-order valence-electron chi connectivity index (χ2n) is 4.28. The van der Waals surface area contributed by atoms with Crippen molar-refractivity contribution in [3.05, 3.63) is 12.3 Å². The van der Waals surface area contributed by atoms with E-state index in [0.717, 1.165) is 12.8 Å². The Labute approximate surface area is 101 Å². The predicted molar refractivity (Wildman–Crippen MR) is 64.5 cm³/mol. The van der Waals surface area contributed by atoms with Crippen LogP contribution in [-0.4, -0.2) is 35.3 Å². The van der Waals surface area contributed by atoms with Crippen LogP contribution < -0.4 is 16.6 Å². The number of rotatable bonds is 4. The molecular formula is C11H20N4O2. The van der Waals surface area contributed by atoms with E-state index < -0.39 is 6.04 Å². The Morgan fingerprint density at radius 3 is 2.71 bits per heavy atom. The van der Waals surface area contributed by atoms with Crippen LogP contribution in [-0.2, 0) is 9.59 Å². The van der Waals surface area contributed by atoms with Crippen LogP contribution in [0.25, 0.3) is 0 Å². The summed E-state index contributed by atoms with van der Waals surface area (Å²) >= 11 is 0. The van der Waals surface area contributed by atoms with Gasteiger partial charge in [0.05, 0.1) is 6.04 Å². The lowest BCUT2D eigenvalue weighted by Gasteiger charge is -2.28. The lowest BCUT2D eigenvalue weighted by Crippen LogP contribution is -2.49. The first-order valence-electron chi connectivity index (χ1n) is 5.70. The Kier molecular flexibility index (Phi) is 4.51. The topological polar surface area (TPSA) is 87.5 Å². The van der Waals surface area contributed by atoms with Gasteiger partial charge in [-0.1, -0.05) is 6.58 Å². The highest BCUT2D eigenvalue weighted by molar-refractivity contribution is 5.87. The Balaban J connectivity index is 2.67. The quantitative estimate of drug-likeness (QED) is 0.456. The van der Waals surface area contributed by atoms with E-state index in [9.17, 15) is 9.59 Å². The smallest absolute Gasteiger partial charge is 0.245 e. The summed E-state index contributed by atoms with van der Waals surface area (Å²) in [6.07, 6.45) is 1.77. The van der Waals surface area contributed by atoms with Crippen molar-refractivity contribution in [1.82, 2.24) is 15.6 Å². The van der Waals surface area contributed by atoms with Crippen LogP contribution >= 0.6 is 0 Å². The van der Waals surface area contributed by atoms with E-state index in [1.54, 1.807) is 11.8 Å². The molecule has 0 saturated carbocycles. The van der Waals surface area contributed by atoms with Crippen LogP contribution in [0.15, 0.2) is 12.3 Å². The predicted octanol–water partition coefficient (Wildman–Crippen LogP) is -0.521. The maximum atomic E-state index is 12.1. The first-order chi connectivity index (χ1) is 7.97. The van der Waals surface area contributed by atoms with Crippen LogP contribution in [0.1, 0.15) is 26.7 Å². The minimum Gasteiger partial charge on any atom is -0.345 e. The van der Waals surface area contributed by atoms with E-state index in [0.29, 0.717) is 12.2 Å². The maximum absolute atomic E-state index is 12.1. The third-order valence-corrected chi connectivity index (χ3v) is 2.91. The first-order valence-corrected chi connectivity index (χ1v) is 5.70. The van der Waals surface area contributed by atoms with Gasteiger partial charge in [0.15, 0.2) is 0 Å². The van der Waals surface area contributed by atoms with Crippen LogP contribution in [0.3, 0.4) is 0 Å². The third kappa shape index (κ3) is 3.20. The molecule has 6 nitrogen and oxygen atoms in total. The average Bonchev–Trinajstić information content (AvgIpc) is 2.74. The monoisotopic (exact) mass is 240 g/mol. The van der Waals surface area contributed by atoms with Gasteiger partial charge in [0, 0.05) is 19.2 Å². The van der Waals surface area contributed by atoms with Crippen molar-refractivity contribution in [3.8, 4) is 0 Å². The molecule has 0 aliphatic carbocycles. The summed E-state index contributed by atoms with van der Waals surface area (Å²) in [5.41, 5.74) is 3.13. The van der Waals surface area contributed by atoms with E-state index in [1.807, 2.05) is 0 Å². The van der Waals surface area contributed by atoms with Gasteiger partial charge in [0.25, 0.3) is 0 Å². The number of hydrogen-bond acceptors (Lipinski definition) is 4. The molecular weight excluding hydrogens is 220 g/mol. The highest BCUT2D eigenvalue weighted by Crippen LogP contribution is 2.21. The molecule has 0 aromatic carbocycles. The van der Waals surface area contributed by atoms with E-state index in [4.69, 9.17) is 5.84 Å². The number of nitrogens with two attached hydrogens (primary N) is 1. The van der Waals surface area contributed by atoms with Crippen molar-refractivity contribution < 1.29 is 9.59 Å². The zero-order valence-electron chi connectivity index (χ0n) is 10.3. The standard InChI is InChI=1S/C11H20N4O2/c1-7(14-12)10-5-4-6-15(10)11(17)8(2)13-9(3)16/h8,10,14H,1,4-6,12H2,2-3H3,(H,13,16)/t8-,10-/m0/s1. The Morgan fingerprint density at radius 1 is 1.53 bits per heavy atom. The van der Waals surface area contributed by atoms with Gasteiger partial charge in [-0.3, -0.25) is 15.4 Å². The van der Waals surface area contributed by atoms with Crippen LogP contribution in [0.2, 0.25) is 0 Å². The Hall–Kier alpha value is -1.56.